The molecule has 6 atom stereocenters. The van der Waals surface area contributed by atoms with Crippen molar-refractivity contribution in [3.8, 4) is 0 Å². The number of hydrogen-bond acceptors (Lipinski definition) is 8. The largest absolute Gasteiger partial charge is 0.467 e. The van der Waals surface area contributed by atoms with E-state index in [0.29, 0.717) is 0 Å². The molecule has 0 saturated carbocycles. The van der Waals surface area contributed by atoms with Gasteiger partial charge in [0.25, 0.3) is 5.91 Å². The Morgan fingerprint density at radius 3 is 2.48 bits per heavy atom. The predicted molar refractivity (Wildman–Crippen MR) is 110 cm³/mol. The molecule has 2 saturated heterocycles. The van der Waals surface area contributed by atoms with Gasteiger partial charge in [-0.25, -0.2) is 4.79 Å². The molecule has 0 spiro atoms. The van der Waals surface area contributed by atoms with Gasteiger partial charge in [0, 0.05) is 13.5 Å². The standard InChI is InChI=1S/C21H34N2O8/c1-20(2,3)9-8-13-14(24)15(31-21(4,5)30-13)16(28-6)18(26)22-11-10-12(19(27)29-7)23-17(11)25/h8-9,11-16,24H,10H2,1-7H3,(H,22,26)(H,23,25)/b9-8+/t11?,12?,13-,14+,15-,16-/m1/s1. The fourth-order valence-corrected chi connectivity index (χ4v) is 3.53. The van der Waals surface area contributed by atoms with Crippen LogP contribution in [0.1, 0.15) is 41.0 Å². The van der Waals surface area contributed by atoms with E-state index in [4.69, 9.17) is 14.2 Å². The summed E-state index contributed by atoms with van der Waals surface area (Å²) < 4.78 is 21.6. The van der Waals surface area contributed by atoms with Crippen LogP contribution in [0.4, 0.5) is 0 Å². The van der Waals surface area contributed by atoms with E-state index >= 15 is 0 Å². The van der Waals surface area contributed by atoms with Crippen molar-refractivity contribution in [3.05, 3.63) is 12.2 Å². The van der Waals surface area contributed by atoms with Gasteiger partial charge in [0.05, 0.1) is 7.11 Å². The normalized spacial score (nSPS) is 31.9. The molecule has 2 heterocycles. The molecule has 0 aliphatic carbocycles. The highest BCUT2D eigenvalue weighted by Crippen LogP contribution is 2.31. The summed E-state index contributed by atoms with van der Waals surface area (Å²) in [5.41, 5.74) is -0.134. The van der Waals surface area contributed by atoms with Crippen molar-refractivity contribution in [2.45, 2.75) is 83.3 Å². The number of ether oxygens (including phenoxy) is 4. The highest BCUT2D eigenvalue weighted by atomic mass is 16.7. The van der Waals surface area contributed by atoms with E-state index in [1.807, 2.05) is 26.8 Å². The lowest BCUT2D eigenvalue weighted by Crippen LogP contribution is -2.61. The minimum Gasteiger partial charge on any atom is -0.467 e. The molecule has 2 aliphatic rings. The number of esters is 1. The quantitative estimate of drug-likeness (QED) is 0.388. The Morgan fingerprint density at radius 1 is 1.29 bits per heavy atom. The van der Waals surface area contributed by atoms with Crippen LogP contribution in [0.25, 0.3) is 0 Å². The van der Waals surface area contributed by atoms with Crippen molar-refractivity contribution in [3.63, 3.8) is 0 Å². The maximum absolute atomic E-state index is 12.9. The first-order chi connectivity index (χ1) is 14.3. The average molecular weight is 443 g/mol. The van der Waals surface area contributed by atoms with Crippen molar-refractivity contribution in [2.24, 2.45) is 5.41 Å². The number of carbonyl (C=O) groups excluding carboxylic acids is 3. The van der Waals surface area contributed by atoms with Gasteiger partial charge in [0.15, 0.2) is 11.9 Å². The van der Waals surface area contributed by atoms with Gasteiger partial charge in [-0.1, -0.05) is 32.9 Å². The van der Waals surface area contributed by atoms with Gasteiger partial charge in [0.1, 0.15) is 30.4 Å². The number of carbonyl (C=O) groups is 3. The minimum absolute atomic E-state index is 0.0489. The van der Waals surface area contributed by atoms with Crippen LogP contribution in [0.15, 0.2) is 12.2 Å². The van der Waals surface area contributed by atoms with E-state index in [2.05, 4.69) is 15.4 Å². The number of rotatable bonds is 6. The monoisotopic (exact) mass is 442 g/mol. The Kier molecular flexibility index (Phi) is 7.85. The molecule has 176 valence electrons. The van der Waals surface area contributed by atoms with Gasteiger partial charge < -0.3 is 34.7 Å². The van der Waals surface area contributed by atoms with Gasteiger partial charge in [0.2, 0.25) is 5.91 Å². The van der Waals surface area contributed by atoms with Crippen LogP contribution in [-0.2, 0) is 33.3 Å². The smallest absolute Gasteiger partial charge is 0.328 e. The molecule has 0 aromatic carbocycles. The summed E-state index contributed by atoms with van der Waals surface area (Å²) in [6.45, 7) is 9.39. The number of allylic oxidation sites excluding steroid dienone is 1. The summed E-state index contributed by atoms with van der Waals surface area (Å²) in [7, 11) is 2.53. The summed E-state index contributed by atoms with van der Waals surface area (Å²) in [5.74, 6) is -2.83. The second kappa shape index (κ2) is 9.64. The molecular weight excluding hydrogens is 408 g/mol. The minimum atomic E-state index is -1.21. The molecule has 0 bridgehead atoms. The maximum Gasteiger partial charge on any atom is 0.328 e. The van der Waals surface area contributed by atoms with Crippen molar-refractivity contribution in [2.75, 3.05) is 14.2 Å². The molecule has 3 N–H and O–H groups in total. The summed E-state index contributed by atoms with van der Waals surface area (Å²) in [6.07, 6.45) is -0.472. The first-order valence-corrected chi connectivity index (χ1v) is 10.2. The third-order valence-electron chi connectivity index (χ3n) is 5.02. The molecule has 10 nitrogen and oxygen atoms in total. The number of nitrogens with one attached hydrogen (secondary N) is 2. The Morgan fingerprint density at radius 2 is 1.94 bits per heavy atom. The second-order valence-electron chi connectivity index (χ2n) is 9.32. The lowest BCUT2D eigenvalue weighted by molar-refractivity contribution is -0.334. The number of aliphatic hydroxyl groups is 1. The topological polar surface area (TPSA) is 132 Å². The third-order valence-corrected chi connectivity index (χ3v) is 5.02. The molecule has 31 heavy (non-hydrogen) atoms. The van der Waals surface area contributed by atoms with E-state index in [-0.39, 0.29) is 11.8 Å². The fraction of sp³-hybridized carbons (Fsp3) is 0.762. The van der Waals surface area contributed by atoms with Gasteiger partial charge in [-0.05, 0) is 19.3 Å². The summed E-state index contributed by atoms with van der Waals surface area (Å²) in [5, 5.41) is 15.9. The third kappa shape index (κ3) is 6.49. The Bertz CT molecular complexity index is 715. The lowest BCUT2D eigenvalue weighted by atomic mass is 9.93. The average Bonchev–Trinajstić information content (AvgIpc) is 3.02. The second-order valence-corrected chi connectivity index (χ2v) is 9.32. The number of methoxy groups -OCH3 is 2. The van der Waals surface area contributed by atoms with Crippen molar-refractivity contribution in [1.29, 1.82) is 0 Å². The van der Waals surface area contributed by atoms with Crippen LogP contribution in [0.3, 0.4) is 0 Å². The van der Waals surface area contributed by atoms with Crippen LogP contribution >= 0.6 is 0 Å². The number of hydrogen-bond donors (Lipinski definition) is 3. The molecule has 0 aromatic rings. The van der Waals surface area contributed by atoms with Crippen LogP contribution in [0.5, 0.6) is 0 Å². The van der Waals surface area contributed by atoms with Crippen molar-refractivity contribution in [1.82, 2.24) is 10.6 Å². The fourth-order valence-electron chi connectivity index (χ4n) is 3.53. The molecule has 0 aromatic heterocycles. The van der Waals surface area contributed by atoms with Crippen LogP contribution in [0.2, 0.25) is 0 Å². The zero-order chi connectivity index (χ0) is 23.6. The summed E-state index contributed by atoms with van der Waals surface area (Å²) in [4.78, 5) is 36.7. The van der Waals surface area contributed by atoms with Crippen LogP contribution in [-0.4, -0.2) is 79.4 Å². The molecule has 2 rings (SSSR count). The highest BCUT2D eigenvalue weighted by Gasteiger charge is 2.48. The van der Waals surface area contributed by atoms with Gasteiger partial charge in [-0.3, -0.25) is 9.59 Å². The molecule has 10 heteroatoms. The van der Waals surface area contributed by atoms with E-state index < -0.39 is 60.1 Å². The van der Waals surface area contributed by atoms with E-state index in [1.54, 1.807) is 19.9 Å². The Balaban J connectivity index is 2.15. The number of amides is 2. The first kappa shape index (κ1) is 25.3. The van der Waals surface area contributed by atoms with Crippen molar-refractivity contribution < 1.29 is 38.4 Å². The maximum atomic E-state index is 12.9. The molecular formula is C21H34N2O8. The SMILES string of the molecule is COC(=O)C1CC(NC(=O)[C@H](OC)[C@@H]2OC(C)(C)O[C@H](/C=C/C(C)(C)C)[C@@H]2O)C(=O)N1. The molecule has 2 unspecified atom stereocenters. The van der Waals surface area contributed by atoms with Gasteiger partial charge >= 0.3 is 5.97 Å². The predicted octanol–water partition coefficient (Wildman–Crippen LogP) is 0.0310. The first-order valence-electron chi connectivity index (χ1n) is 10.2. The zero-order valence-electron chi connectivity index (χ0n) is 19.1. The zero-order valence-corrected chi connectivity index (χ0v) is 19.1. The number of aliphatic hydroxyl groups excluding tert-OH is 1. The van der Waals surface area contributed by atoms with Crippen LogP contribution in [0, 0.1) is 5.41 Å². The molecule has 2 amide bonds. The lowest BCUT2D eigenvalue weighted by Gasteiger charge is -2.45. The van der Waals surface area contributed by atoms with Crippen molar-refractivity contribution >= 4 is 17.8 Å². The summed E-state index contributed by atoms with van der Waals surface area (Å²) >= 11 is 0. The van der Waals surface area contributed by atoms with Gasteiger partial charge in [-0.2, -0.15) is 0 Å². The Labute approximate surface area is 182 Å². The van der Waals surface area contributed by atoms with Gasteiger partial charge in [-0.15, -0.1) is 0 Å². The van der Waals surface area contributed by atoms with Crippen LogP contribution < -0.4 is 10.6 Å². The van der Waals surface area contributed by atoms with E-state index in [1.165, 1.54) is 14.2 Å². The molecule has 2 aliphatic heterocycles. The summed E-state index contributed by atoms with van der Waals surface area (Å²) in [6, 6.07) is -1.77. The molecule has 0 radical (unpaired) electrons. The molecule has 2 fully saturated rings. The van der Waals surface area contributed by atoms with E-state index in [0.717, 1.165) is 0 Å². The van der Waals surface area contributed by atoms with E-state index in [9.17, 15) is 19.5 Å². The highest BCUT2D eigenvalue weighted by molar-refractivity contribution is 5.95. The Hall–Kier alpha value is -2.01.